The Morgan fingerprint density at radius 2 is 2.05 bits per heavy atom. The van der Waals surface area contributed by atoms with E-state index in [0.717, 1.165) is 29.7 Å². The van der Waals surface area contributed by atoms with Crippen molar-refractivity contribution < 1.29 is 9.53 Å². The molecule has 6 nitrogen and oxygen atoms in total. The molecule has 6 heteroatoms. The number of amides is 1. The Hall–Kier alpha value is -2.21. The van der Waals surface area contributed by atoms with E-state index in [4.69, 9.17) is 4.74 Å². The first kappa shape index (κ1) is 14.7. The number of hydrogen-bond donors (Lipinski definition) is 1. The number of rotatable bonds is 5. The Labute approximate surface area is 129 Å². The average Bonchev–Trinajstić information content (AvgIpc) is 2.59. The van der Waals surface area contributed by atoms with Gasteiger partial charge in [-0.3, -0.25) is 4.79 Å². The fourth-order valence-electron chi connectivity index (χ4n) is 2.56. The van der Waals surface area contributed by atoms with E-state index in [9.17, 15) is 4.79 Å². The standard InChI is InChI=1S/C16H20N4O2/c21-15(20-8-10-22-11-9-20)6-3-7-17-16-13-4-1-2-5-14(13)18-12-19-16/h1-2,4-5,12H,3,6-11H2,(H,17,18,19). The van der Waals surface area contributed by atoms with Gasteiger partial charge in [0.25, 0.3) is 0 Å². The Balaban J connectivity index is 1.49. The summed E-state index contributed by atoms with van der Waals surface area (Å²) in [6, 6.07) is 7.89. The molecule has 1 aliphatic rings. The Morgan fingerprint density at radius 3 is 2.91 bits per heavy atom. The van der Waals surface area contributed by atoms with Crippen LogP contribution >= 0.6 is 0 Å². The molecule has 3 rings (SSSR count). The molecular weight excluding hydrogens is 280 g/mol. The van der Waals surface area contributed by atoms with Gasteiger partial charge in [-0.15, -0.1) is 0 Å². The minimum Gasteiger partial charge on any atom is -0.378 e. The van der Waals surface area contributed by atoms with Gasteiger partial charge in [0.05, 0.1) is 18.7 Å². The molecule has 0 atom stereocenters. The zero-order valence-electron chi connectivity index (χ0n) is 12.5. The van der Waals surface area contributed by atoms with E-state index in [1.807, 2.05) is 29.2 Å². The number of benzene rings is 1. The Bertz CT molecular complexity index is 636. The summed E-state index contributed by atoms with van der Waals surface area (Å²) in [6.45, 7) is 3.44. The molecule has 1 amide bonds. The number of nitrogens with one attached hydrogen (secondary N) is 1. The first-order valence-electron chi connectivity index (χ1n) is 7.64. The number of aromatic nitrogens is 2. The number of para-hydroxylation sites is 1. The summed E-state index contributed by atoms with van der Waals surface area (Å²) < 4.78 is 5.25. The lowest BCUT2D eigenvalue weighted by atomic mass is 10.2. The maximum Gasteiger partial charge on any atom is 0.222 e. The zero-order valence-corrected chi connectivity index (χ0v) is 12.5. The van der Waals surface area contributed by atoms with Gasteiger partial charge in [-0.25, -0.2) is 9.97 Å². The molecule has 116 valence electrons. The number of nitrogens with zero attached hydrogens (tertiary/aromatic N) is 3. The minimum absolute atomic E-state index is 0.206. The highest BCUT2D eigenvalue weighted by molar-refractivity contribution is 5.88. The molecule has 1 saturated heterocycles. The third kappa shape index (κ3) is 3.51. The summed E-state index contributed by atoms with van der Waals surface area (Å²) in [5.74, 6) is 1.03. The van der Waals surface area contributed by atoms with Gasteiger partial charge in [0.1, 0.15) is 12.1 Å². The third-order valence-electron chi connectivity index (χ3n) is 3.77. The van der Waals surface area contributed by atoms with E-state index in [0.29, 0.717) is 32.7 Å². The van der Waals surface area contributed by atoms with Crippen molar-refractivity contribution >= 4 is 22.6 Å². The van der Waals surface area contributed by atoms with Crippen LogP contribution in [0.1, 0.15) is 12.8 Å². The van der Waals surface area contributed by atoms with Crippen LogP contribution in [0.15, 0.2) is 30.6 Å². The smallest absolute Gasteiger partial charge is 0.222 e. The zero-order chi connectivity index (χ0) is 15.2. The Morgan fingerprint density at radius 1 is 1.23 bits per heavy atom. The van der Waals surface area contributed by atoms with Crippen molar-refractivity contribution in [3.8, 4) is 0 Å². The molecule has 2 aromatic rings. The van der Waals surface area contributed by atoms with Crippen molar-refractivity contribution in [1.82, 2.24) is 14.9 Å². The first-order chi connectivity index (χ1) is 10.8. The van der Waals surface area contributed by atoms with Crippen LogP contribution in [0.5, 0.6) is 0 Å². The molecule has 0 bridgehead atoms. The van der Waals surface area contributed by atoms with Crippen LogP contribution in [0.4, 0.5) is 5.82 Å². The van der Waals surface area contributed by atoms with Crippen molar-refractivity contribution in [1.29, 1.82) is 0 Å². The molecule has 0 unspecified atom stereocenters. The van der Waals surface area contributed by atoms with E-state index in [1.165, 1.54) is 0 Å². The molecular formula is C16H20N4O2. The Kier molecular flexibility index (Phi) is 4.80. The van der Waals surface area contributed by atoms with Crippen molar-refractivity contribution in [2.45, 2.75) is 12.8 Å². The fraction of sp³-hybridized carbons (Fsp3) is 0.438. The average molecular weight is 300 g/mol. The molecule has 0 aliphatic carbocycles. The molecule has 2 heterocycles. The van der Waals surface area contributed by atoms with E-state index in [1.54, 1.807) is 6.33 Å². The van der Waals surface area contributed by atoms with Gasteiger partial charge >= 0.3 is 0 Å². The minimum atomic E-state index is 0.206. The highest BCUT2D eigenvalue weighted by atomic mass is 16.5. The lowest BCUT2D eigenvalue weighted by Crippen LogP contribution is -2.40. The number of fused-ring (bicyclic) bond motifs is 1. The number of carbonyl (C=O) groups excluding carboxylic acids is 1. The van der Waals surface area contributed by atoms with Gasteiger partial charge < -0.3 is 15.0 Å². The van der Waals surface area contributed by atoms with Gasteiger partial charge in [0.2, 0.25) is 5.91 Å². The summed E-state index contributed by atoms with van der Waals surface area (Å²) in [7, 11) is 0. The molecule has 1 aliphatic heterocycles. The number of hydrogen-bond acceptors (Lipinski definition) is 5. The highest BCUT2D eigenvalue weighted by Crippen LogP contribution is 2.18. The van der Waals surface area contributed by atoms with E-state index in [-0.39, 0.29) is 5.91 Å². The first-order valence-corrected chi connectivity index (χ1v) is 7.64. The summed E-state index contributed by atoms with van der Waals surface area (Å²) in [5.41, 5.74) is 0.921. The van der Waals surface area contributed by atoms with Gasteiger partial charge in [0, 0.05) is 31.4 Å². The van der Waals surface area contributed by atoms with Crippen LogP contribution in [0.2, 0.25) is 0 Å². The molecule has 1 aromatic heterocycles. The summed E-state index contributed by atoms with van der Waals surface area (Å²) >= 11 is 0. The van der Waals surface area contributed by atoms with Gasteiger partial charge in [-0.05, 0) is 18.6 Å². The molecule has 0 spiro atoms. The summed E-state index contributed by atoms with van der Waals surface area (Å²) in [4.78, 5) is 22.4. The van der Waals surface area contributed by atoms with Crippen LogP contribution in [-0.4, -0.2) is 53.6 Å². The van der Waals surface area contributed by atoms with Gasteiger partial charge in [-0.2, -0.15) is 0 Å². The predicted octanol–water partition coefficient (Wildman–Crippen LogP) is 1.68. The molecule has 22 heavy (non-hydrogen) atoms. The van der Waals surface area contributed by atoms with Crippen molar-refractivity contribution in [2.75, 3.05) is 38.2 Å². The second-order valence-electron chi connectivity index (χ2n) is 5.26. The molecule has 0 radical (unpaired) electrons. The van der Waals surface area contributed by atoms with Gasteiger partial charge in [0.15, 0.2) is 0 Å². The maximum atomic E-state index is 12.0. The number of morpholine rings is 1. The van der Waals surface area contributed by atoms with Gasteiger partial charge in [-0.1, -0.05) is 12.1 Å². The lowest BCUT2D eigenvalue weighted by Gasteiger charge is -2.26. The third-order valence-corrected chi connectivity index (χ3v) is 3.77. The highest BCUT2D eigenvalue weighted by Gasteiger charge is 2.15. The monoisotopic (exact) mass is 300 g/mol. The van der Waals surface area contributed by atoms with Crippen LogP contribution in [-0.2, 0) is 9.53 Å². The van der Waals surface area contributed by atoms with Crippen molar-refractivity contribution in [2.24, 2.45) is 0 Å². The molecule has 1 aromatic carbocycles. The normalized spacial score (nSPS) is 15.0. The van der Waals surface area contributed by atoms with Crippen LogP contribution < -0.4 is 5.32 Å². The lowest BCUT2D eigenvalue weighted by molar-refractivity contribution is -0.135. The largest absolute Gasteiger partial charge is 0.378 e. The fourth-order valence-corrected chi connectivity index (χ4v) is 2.56. The predicted molar refractivity (Wildman–Crippen MR) is 84.7 cm³/mol. The topological polar surface area (TPSA) is 67.4 Å². The number of carbonyl (C=O) groups is 1. The van der Waals surface area contributed by atoms with Crippen molar-refractivity contribution in [3.05, 3.63) is 30.6 Å². The van der Waals surface area contributed by atoms with E-state index >= 15 is 0 Å². The summed E-state index contributed by atoms with van der Waals surface area (Å²) in [6.07, 6.45) is 2.90. The second kappa shape index (κ2) is 7.17. The molecule has 1 fully saturated rings. The maximum absolute atomic E-state index is 12.0. The quantitative estimate of drug-likeness (QED) is 0.851. The second-order valence-corrected chi connectivity index (χ2v) is 5.26. The number of ether oxygens (including phenoxy) is 1. The number of anilines is 1. The van der Waals surface area contributed by atoms with Crippen molar-refractivity contribution in [3.63, 3.8) is 0 Å². The SMILES string of the molecule is O=C(CCCNc1ncnc2ccccc12)N1CCOCC1. The molecule has 0 saturated carbocycles. The van der Waals surface area contributed by atoms with Crippen LogP contribution in [0, 0.1) is 0 Å². The molecule has 1 N–H and O–H groups in total. The van der Waals surface area contributed by atoms with Crippen LogP contribution in [0.25, 0.3) is 10.9 Å². The van der Waals surface area contributed by atoms with Crippen LogP contribution in [0.3, 0.4) is 0 Å². The summed E-state index contributed by atoms with van der Waals surface area (Å²) in [5, 5.41) is 4.30. The van der Waals surface area contributed by atoms with E-state index in [2.05, 4.69) is 15.3 Å². The van der Waals surface area contributed by atoms with E-state index < -0.39 is 0 Å².